The van der Waals surface area contributed by atoms with E-state index in [1.807, 2.05) is 24.3 Å². The number of hydrogen-bond acceptors (Lipinski definition) is 4. The zero-order valence-corrected chi connectivity index (χ0v) is 46.8. The molecule has 6 heteroatoms. The molecule has 82 heavy (non-hydrogen) atoms. The molecule has 0 aliphatic carbocycles. The monoisotopic (exact) mass is 1050 g/mol. The third-order valence-corrected chi connectivity index (χ3v) is 16.1. The maximum Gasteiger partial charge on any atom is 0.145 e. The summed E-state index contributed by atoms with van der Waals surface area (Å²) >= 11 is 0. The van der Waals surface area contributed by atoms with Crippen LogP contribution >= 0.6 is 0 Å². The molecule has 392 valence electrons. The van der Waals surface area contributed by atoms with Gasteiger partial charge in [-0.25, -0.2) is 19.9 Å². The van der Waals surface area contributed by atoms with Crippen LogP contribution in [0.15, 0.2) is 243 Å². The number of para-hydroxylation sites is 6. The summed E-state index contributed by atoms with van der Waals surface area (Å²) in [6, 6.07) is 86.5. The van der Waals surface area contributed by atoms with E-state index >= 15 is 0 Å². The maximum atomic E-state index is 5.85. The fourth-order valence-corrected chi connectivity index (χ4v) is 12.5. The van der Waals surface area contributed by atoms with Gasteiger partial charge in [-0.15, -0.1) is 0 Å². The largest absolute Gasteiger partial charge is 0.292 e. The van der Waals surface area contributed by atoms with Crippen LogP contribution < -0.4 is 0 Å². The van der Waals surface area contributed by atoms with Crippen LogP contribution in [0.25, 0.3) is 134 Å². The summed E-state index contributed by atoms with van der Waals surface area (Å²) in [5, 5.41) is 0. The number of rotatable bonds is 10. The Morgan fingerprint density at radius 1 is 0.268 bits per heavy atom. The lowest BCUT2D eigenvalue weighted by molar-refractivity contribution is 1.10. The average Bonchev–Trinajstić information content (AvgIpc) is 3.51. The van der Waals surface area contributed by atoms with Gasteiger partial charge in [0.2, 0.25) is 0 Å². The predicted octanol–water partition coefficient (Wildman–Crippen LogP) is 19.5. The normalized spacial score (nSPS) is 11.5. The van der Waals surface area contributed by atoms with Crippen molar-refractivity contribution in [1.82, 2.24) is 29.1 Å². The van der Waals surface area contributed by atoms with Crippen molar-refractivity contribution in [2.45, 2.75) is 41.5 Å². The molecule has 0 radical (unpaired) electrons. The standard InChI is InChI=1S/C76H58N6/c1-47-43-49(3)69(50(4)44-47)63-41-42-64(70-51(5)45-48(2)46-52(70)6)74-73(63)79-71(57-33-25-53(26-34-57)55-29-37-59(38-30-55)75-77-65-21-13-15-23-67(65)81(75)61-17-9-7-10-18-61)72(80-74)58-35-27-54(28-36-58)56-31-39-60(40-32-56)76-78-66-22-14-16-24-68(66)82(76)62-19-11-8-12-20-62/h7-46H,1-6H3. The molecule has 0 fully saturated rings. The summed E-state index contributed by atoms with van der Waals surface area (Å²) in [6.07, 6.45) is 0. The number of aryl methyl sites for hydroxylation is 6. The second-order valence-corrected chi connectivity index (χ2v) is 21.8. The molecule has 3 heterocycles. The SMILES string of the molecule is Cc1cc(C)c(-c2ccc(-c3c(C)cc(C)cc3C)c3nc(-c4ccc(-c5ccc(-c6nc7ccccc7n6-c6ccccc6)cc5)cc4)c(-c4ccc(-c5ccc(-c6nc7ccccc7n6-c6ccccc6)cc5)cc4)nc23)c(C)c1. The Kier molecular flexibility index (Phi) is 12.4. The number of aromatic nitrogens is 6. The van der Waals surface area contributed by atoms with E-state index in [1.165, 1.54) is 44.5 Å². The fourth-order valence-electron chi connectivity index (χ4n) is 12.5. The molecule has 0 aliphatic rings. The molecule has 0 spiro atoms. The van der Waals surface area contributed by atoms with Crippen LogP contribution in [0.5, 0.6) is 0 Å². The summed E-state index contributed by atoms with van der Waals surface area (Å²) in [4.78, 5) is 22.0. The molecular formula is C76H58N6. The second kappa shape index (κ2) is 20.4. The van der Waals surface area contributed by atoms with E-state index in [0.29, 0.717) is 0 Å². The number of hydrogen-bond donors (Lipinski definition) is 0. The molecule has 0 aliphatic heterocycles. The smallest absolute Gasteiger partial charge is 0.145 e. The highest BCUT2D eigenvalue weighted by Crippen LogP contribution is 2.43. The topological polar surface area (TPSA) is 61.4 Å². The first kappa shape index (κ1) is 50.0. The van der Waals surface area contributed by atoms with Gasteiger partial charge in [-0.05, 0) is 146 Å². The maximum absolute atomic E-state index is 5.85. The quantitative estimate of drug-likeness (QED) is 0.137. The molecule has 0 N–H and O–H groups in total. The number of benzene rings is 11. The molecular weight excluding hydrogens is 997 g/mol. The van der Waals surface area contributed by atoms with Crippen molar-refractivity contribution in [2.24, 2.45) is 0 Å². The Hall–Kier alpha value is -10.3. The van der Waals surface area contributed by atoms with Crippen LogP contribution in [-0.4, -0.2) is 29.1 Å². The van der Waals surface area contributed by atoms with Gasteiger partial charge in [0.25, 0.3) is 0 Å². The highest BCUT2D eigenvalue weighted by atomic mass is 15.1. The molecule has 14 rings (SSSR count). The molecule has 6 nitrogen and oxygen atoms in total. The van der Waals surface area contributed by atoms with E-state index in [2.05, 4.69) is 269 Å². The van der Waals surface area contributed by atoms with Crippen molar-refractivity contribution in [3.8, 4) is 101 Å². The van der Waals surface area contributed by atoms with E-state index in [0.717, 1.165) is 123 Å². The van der Waals surface area contributed by atoms with E-state index in [4.69, 9.17) is 19.9 Å². The van der Waals surface area contributed by atoms with Gasteiger partial charge in [0.15, 0.2) is 0 Å². The van der Waals surface area contributed by atoms with Crippen molar-refractivity contribution in [3.63, 3.8) is 0 Å². The fraction of sp³-hybridized carbons (Fsp3) is 0.0789. The van der Waals surface area contributed by atoms with Crippen LogP contribution in [0.1, 0.15) is 33.4 Å². The molecule has 3 aromatic heterocycles. The van der Waals surface area contributed by atoms with Crippen LogP contribution in [0, 0.1) is 41.5 Å². The average molecular weight is 1060 g/mol. The number of imidazole rings is 2. The lowest BCUT2D eigenvalue weighted by atomic mass is 9.88. The lowest BCUT2D eigenvalue weighted by Crippen LogP contribution is -2.01. The minimum atomic E-state index is 0.825. The minimum absolute atomic E-state index is 0.825. The summed E-state index contributed by atoms with van der Waals surface area (Å²) in [5.41, 5.74) is 30.0. The Balaban J connectivity index is 0.888. The van der Waals surface area contributed by atoms with Crippen LogP contribution in [0.4, 0.5) is 0 Å². The van der Waals surface area contributed by atoms with Crippen molar-refractivity contribution < 1.29 is 0 Å². The highest BCUT2D eigenvalue weighted by molar-refractivity contribution is 6.05. The van der Waals surface area contributed by atoms with Crippen LogP contribution in [0.3, 0.4) is 0 Å². The van der Waals surface area contributed by atoms with E-state index in [1.54, 1.807) is 0 Å². The molecule has 14 aromatic rings. The lowest BCUT2D eigenvalue weighted by Gasteiger charge is -2.20. The Morgan fingerprint density at radius 2 is 0.561 bits per heavy atom. The molecule has 11 aromatic carbocycles. The van der Waals surface area contributed by atoms with E-state index < -0.39 is 0 Å². The van der Waals surface area contributed by atoms with Gasteiger partial charge in [0.05, 0.1) is 44.5 Å². The summed E-state index contributed by atoms with van der Waals surface area (Å²) in [7, 11) is 0. The molecule has 0 atom stereocenters. The van der Waals surface area contributed by atoms with Crippen molar-refractivity contribution in [1.29, 1.82) is 0 Å². The Bertz CT molecular complexity index is 4390. The first-order chi connectivity index (χ1) is 40.1. The zero-order chi connectivity index (χ0) is 55.6. The summed E-state index contributed by atoms with van der Waals surface area (Å²) in [5.74, 6) is 1.82. The third kappa shape index (κ3) is 8.86. The third-order valence-electron chi connectivity index (χ3n) is 16.1. The molecule has 0 saturated heterocycles. The molecule has 0 unspecified atom stereocenters. The van der Waals surface area contributed by atoms with Gasteiger partial charge >= 0.3 is 0 Å². The first-order valence-corrected chi connectivity index (χ1v) is 28.1. The first-order valence-electron chi connectivity index (χ1n) is 28.1. The van der Waals surface area contributed by atoms with Gasteiger partial charge in [0.1, 0.15) is 11.6 Å². The minimum Gasteiger partial charge on any atom is -0.292 e. The van der Waals surface area contributed by atoms with Gasteiger partial charge in [-0.2, -0.15) is 0 Å². The number of nitrogens with zero attached hydrogens (tertiary/aromatic N) is 6. The van der Waals surface area contributed by atoms with Gasteiger partial charge < -0.3 is 0 Å². The zero-order valence-electron chi connectivity index (χ0n) is 46.8. The van der Waals surface area contributed by atoms with Gasteiger partial charge in [-0.3, -0.25) is 9.13 Å². The molecule has 0 saturated carbocycles. The molecule has 0 bridgehead atoms. The summed E-state index contributed by atoms with van der Waals surface area (Å²) < 4.78 is 4.49. The van der Waals surface area contributed by atoms with Crippen molar-refractivity contribution in [3.05, 3.63) is 276 Å². The second-order valence-electron chi connectivity index (χ2n) is 21.8. The van der Waals surface area contributed by atoms with Gasteiger partial charge in [-0.1, -0.05) is 205 Å². The Labute approximate surface area is 478 Å². The van der Waals surface area contributed by atoms with Crippen molar-refractivity contribution >= 4 is 33.1 Å². The summed E-state index contributed by atoms with van der Waals surface area (Å²) in [6.45, 7) is 13.2. The van der Waals surface area contributed by atoms with Crippen molar-refractivity contribution in [2.75, 3.05) is 0 Å². The Morgan fingerprint density at radius 3 is 0.902 bits per heavy atom. The highest BCUT2D eigenvalue weighted by Gasteiger charge is 2.23. The number of fused-ring (bicyclic) bond motifs is 3. The predicted molar refractivity (Wildman–Crippen MR) is 341 cm³/mol. The van der Waals surface area contributed by atoms with Crippen LogP contribution in [-0.2, 0) is 0 Å². The van der Waals surface area contributed by atoms with Crippen LogP contribution in [0.2, 0.25) is 0 Å². The van der Waals surface area contributed by atoms with Gasteiger partial charge in [0, 0.05) is 44.8 Å². The van der Waals surface area contributed by atoms with E-state index in [-0.39, 0.29) is 0 Å². The van der Waals surface area contributed by atoms with E-state index in [9.17, 15) is 0 Å². The molecule has 0 amide bonds.